The lowest BCUT2D eigenvalue weighted by atomic mass is 10.1. The standard InChI is InChI=1S/C15H20N4O2S2/c16-13(20)6-7-19-14(12-5-3-9-22-12)17-18-15(19)23-10-11-4-1-2-8-21-11/h3,5,9,11H,1-2,4,6-8,10H2,(H2,16,20). The van der Waals surface area contributed by atoms with Gasteiger partial charge in [0.25, 0.3) is 0 Å². The molecule has 6 nitrogen and oxygen atoms in total. The number of nitrogens with two attached hydrogens (primary N) is 1. The molecular weight excluding hydrogens is 332 g/mol. The minimum atomic E-state index is -0.317. The summed E-state index contributed by atoms with van der Waals surface area (Å²) in [6, 6.07) is 3.99. The van der Waals surface area contributed by atoms with Crippen LogP contribution in [0.5, 0.6) is 0 Å². The van der Waals surface area contributed by atoms with Gasteiger partial charge < -0.3 is 15.0 Å². The summed E-state index contributed by atoms with van der Waals surface area (Å²) < 4.78 is 7.76. The highest BCUT2D eigenvalue weighted by Crippen LogP contribution is 2.29. The van der Waals surface area contributed by atoms with E-state index in [1.165, 1.54) is 6.42 Å². The third kappa shape index (κ3) is 4.33. The third-order valence-corrected chi connectivity index (χ3v) is 5.68. The Hall–Kier alpha value is -1.38. The Morgan fingerprint density at radius 3 is 3.09 bits per heavy atom. The molecule has 1 saturated heterocycles. The SMILES string of the molecule is NC(=O)CCn1c(SCC2CCCCO2)nnc1-c1cccs1. The molecule has 1 atom stereocenters. The Balaban J connectivity index is 1.74. The van der Waals surface area contributed by atoms with Gasteiger partial charge in [-0.2, -0.15) is 0 Å². The molecule has 1 aliphatic heterocycles. The molecule has 124 valence electrons. The van der Waals surface area contributed by atoms with E-state index in [1.54, 1.807) is 23.1 Å². The van der Waals surface area contributed by atoms with Crippen LogP contribution in [0.2, 0.25) is 0 Å². The van der Waals surface area contributed by atoms with E-state index in [4.69, 9.17) is 10.5 Å². The zero-order valence-corrected chi connectivity index (χ0v) is 14.4. The number of hydrogen-bond acceptors (Lipinski definition) is 6. The Kier molecular flexibility index (Phi) is 5.69. The van der Waals surface area contributed by atoms with Gasteiger partial charge in [0, 0.05) is 25.3 Å². The second kappa shape index (κ2) is 7.94. The monoisotopic (exact) mass is 352 g/mol. The molecule has 3 rings (SSSR count). The van der Waals surface area contributed by atoms with Crippen LogP contribution < -0.4 is 5.73 Å². The molecule has 0 saturated carbocycles. The van der Waals surface area contributed by atoms with Crippen LogP contribution in [0.15, 0.2) is 22.7 Å². The molecule has 0 radical (unpaired) electrons. The molecule has 1 fully saturated rings. The van der Waals surface area contributed by atoms with Gasteiger partial charge in [-0.3, -0.25) is 4.79 Å². The number of aromatic nitrogens is 3. The van der Waals surface area contributed by atoms with Gasteiger partial charge in [-0.25, -0.2) is 0 Å². The highest BCUT2D eigenvalue weighted by atomic mass is 32.2. The van der Waals surface area contributed by atoms with Crippen molar-refractivity contribution >= 4 is 29.0 Å². The van der Waals surface area contributed by atoms with Gasteiger partial charge in [0.05, 0.1) is 11.0 Å². The fourth-order valence-corrected chi connectivity index (χ4v) is 4.26. The van der Waals surface area contributed by atoms with Gasteiger partial charge in [-0.15, -0.1) is 21.5 Å². The molecule has 8 heteroatoms. The van der Waals surface area contributed by atoms with Crippen molar-refractivity contribution in [3.63, 3.8) is 0 Å². The van der Waals surface area contributed by atoms with Crippen molar-refractivity contribution in [3.8, 4) is 10.7 Å². The maximum Gasteiger partial charge on any atom is 0.219 e. The quantitative estimate of drug-likeness (QED) is 0.774. The largest absolute Gasteiger partial charge is 0.377 e. The van der Waals surface area contributed by atoms with E-state index in [9.17, 15) is 4.79 Å². The molecule has 3 heterocycles. The van der Waals surface area contributed by atoms with E-state index >= 15 is 0 Å². The van der Waals surface area contributed by atoms with Crippen LogP contribution in [0.4, 0.5) is 0 Å². The van der Waals surface area contributed by atoms with Crippen molar-refractivity contribution < 1.29 is 9.53 Å². The molecule has 2 N–H and O–H groups in total. The number of thiophene rings is 1. The zero-order valence-electron chi connectivity index (χ0n) is 12.8. The summed E-state index contributed by atoms with van der Waals surface area (Å²) in [5.74, 6) is 1.34. The lowest BCUT2D eigenvalue weighted by molar-refractivity contribution is -0.118. The smallest absolute Gasteiger partial charge is 0.219 e. The Labute approximate surface area is 143 Å². The number of thioether (sulfide) groups is 1. The first-order valence-corrected chi connectivity index (χ1v) is 9.60. The number of rotatable bonds is 7. The van der Waals surface area contributed by atoms with Crippen LogP contribution in [0, 0.1) is 0 Å². The molecular formula is C15H20N4O2S2. The van der Waals surface area contributed by atoms with Crippen molar-refractivity contribution in [3.05, 3.63) is 17.5 Å². The topological polar surface area (TPSA) is 83.0 Å². The van der Waals surface area contributed by atoms with E-state index in [1.807, 2.05) is 22.1 Å². The second-order valence-corrected chi connectivity index (χ2v) is 7.39. The van der Waals surface area contributed by atoms with Crippen molar-refractivity contribution in [2.24, 2.45) is 5.73 Å². The van der Waals surface area contributed by atoms with Crippen LogP contribution in [-0.4, -0.2) is 39.1 Å². The predicted octanol–water partition coefficient (Wildman–Crippen LogP) is 2.54. The number of primary amides is 1. The minimum absolute atomic E-state index is 0.278. The zero-order chi connectivity index (χ0) is 16.1. The van der Waals surface area contributed by atoms with Gasteiger partial charge in [0.1, 0.15) is 0 Å². The summed E-state index contributed by atoms with van der Waals surface area (Å²) in [5.41, 5.74) is 5.30. The number of hydrogen-bond donors (Lipinski definition) is 1. The lowest BCUT2D eigenvalue weighted by Gasteiger charge is -2.21. The highest BCUT2D eigenvalue weighted by molar-refractivity contribution is 7.99. The molecule has 0 aromatic carbocycles. The Morgan fingerprint density at radius 1 is 1.48 bits per heavy atom. The Bertz CT molecular complexity index is 636. The summed E-state index contributed by atoms with van der Waals surface area (Å²) in [6.45, 7) is 1.35. The first kappa shape index (κ1) is 16.5. The molecule has 1 unspecified atom stereocenters. The van der Waals surface area contributed by atoms with Crippen LogP contribution in [0.25, 0.3) is 10.7 Å². The van der Waals surface area contributed by atoms with Crippen LogP contribution in [0.3, 0.4) is 0 Å². The molecule has 23 heavy (non-hydrogen) atoms. The fourth-order valence-electron chi connectivity index (χ4n) is 2.51. The lowest BCUT2D eigenvalue weighted by Crippen LogP contribution is -2.21. The Morgan fingerprint density at radius 2 is 2.39 bits per heavy atom. The normalized spacial score (nSPS) is 18.2. The summed E-state index contributed by atoms with van der Waals surface area (Å²) in [6.07, 6.45) is 4.03. The van der Waals surface area contributed by atoms with Crippen molar-refractivity contribution in [1.82, 2.24) is 14.8 Å². The molecule has 2 aromatic heterocycles. The highest BCUT2D eigenvalue weighted by Gasteiger charge is 2.19. The van der Waals surface area contributed by atoms with Gasteiger partial charge in [0.15, 0.2) is 11.0 Å². The van der Waals surface area contributed by atoms with Crippen LogP contribution >= 0.6 is 23.1 Å². The first-order valence-electron chi connectivity index (χ1n) is 7.74. The number of amides is 1. The summed E-state index contributed by atoms with van der Waals surface area (Å²) in [7, 11) is 0. The molecule has 2 aromatic rings. The first-order chi connectivity index (χ1) is 11.2. The van der Waals surface area contributed by atoms with Crippen LogP contribution in [-0.2, 0) is 16.1 Å². The van der Waals surface area contributed by atoms with Crippen molar-refractivity contribution in [2.75, 3.05) is 12.4 Å². The van der Waals surface area contributed by atoms with Gasteiger partial charge in [-0.1, -0.05) is 17.8 Å². The van der Waals surface area contributed by atoms with Gasteiger partial charge in [0.2, 0.25) is 5.91 Å². The molecule has 1 amide bonds. The maximum absolute atomic E-state index is 11.2. The average Bonchev–Trinajstić information content (AvgIpc) is 3.21. The van der Waals surface area contributed by atoms with Crippen LogP contribution in [0.1, 0.15) is 25.7 Å². The maximum atomic E-state index is 11.2. The fraction of sp³-hybridized carbons (Fsp3) is 0.533. The molecule has 1 aliphatic rings. The second-order valence-electron chi connectivity index (χ2n) is 5.45. The van der Waals surface area contributed by atoms with E-state index in [0.717, 1.165) is 41.1 Å². The van der Waals surface area contributed by atoms with Gasteiger partial charge in [-0.05, 0) is 30.7 Å². The van der Waals surface area contributed by atoms with E-state index < -0.39 is 0 Å². The molecule has 0 spiro atoms. The summed E-state index contributed by atoms with van der Waals surface area (Å²) in [5, 5.41) is 11.4. The molecule has 0 bridgehead atoms. The minimum Gasteiger partial charge on any atom is -0.377 e. The molecule has 0 aliphatic carbocycles. The van der Waals surface area contributed by atoms with Crippen molar-refractivity contribution in [2.45, 2.75) is 43.5 Å². The number of ether oxygens (including phenoxy) is 1. The van der Waals surface area contributed by atoms with E-state index in [2.05, 4.69) is 10.2 Å². The van der Waals surface area contributed by atoms with Gasteiger partial charge >= 0.3 is 0 Å². The van der Waals surface area contributed by atoms with E-state index in [0.29, 0.717) is 6.54 Å². The van der Waals surface area contributed by atoms with Crippen molar-refractivity contribution in [1.29, 1.82) is 0 Å². The number of carbonyl (C=O) groups excluding carboxylic acids is 1. The number of nitrogens with zero attached hydrogens (tertiary/aromatic N) is 3. The summed E-state index contributed by atoms with van der Waals surface area (Å²) >= 11 is 3.25. The predicted molar refractivity (Wildman–Crippen MR) is 91.5 cm³/mol. The third-order valence-electron chi connectivity index (χ3n) is 3.71. The summed E-state index contributed by atoms with van der Waals surface area (Å²) in [4.78, 5) is 12.2. The van der Waals surface area contributed by atoms with E-state index in [-0.39, 0.29) is 18.4 Å². The average molecular weight is 352 g/mol. The number of carbonyl (C=O) groups is 1.